The number of carboxylic acid groups (broad SMARTS) is 1. The molecule has 2 aromatic rings. The van der Waals surface area contributed by atoms with Crippen LogP contribution in [0.3, 0.4) is 0 Å². The van der Waals surface area contributed by atoms with Crippen LogP contribution in [0.25, 0.3) is 11.1 Å². The summed E-state index contributed by atoms with van der Waals surface area (Å²) < 4.78 is 33.8. The number of carbonyl (C=O) groups is 1. The molecule has 0 unspecified atom stereocenters. The van der Waals surface area contributed by atoms with Gasteiger partial charge in [-0.2, -0.15) is 0 Å². The van der Waals surface area contributed by atoms with Gasteiger partial charge in [-0.15, -0.1) is 11.8 Å². The molecule has 1 aromatic carbocycles. The second kappa shape index (κ2) is 10.3. The highest BCUT2D eigenvalue weighted by Gasteiger charge is 2.16. The second-order valence-corrected chi connectivity index (χ2v) is 7.59. The summed E-state index contributed by atoms with van der Waals surface area (Å²) in [6.45, 7) is 4.21. The van der Waals surface area contributed by atoms with Crippen LogP contribution in [-0.2, 0) is 4.79 Å². The van der Waals surface area contributed by atoms with E-state index in [4.69, 9.17) is 9.84 Å². The quantitative estimate of drug-likeness (QED) is 0.431. The molecule has 0 radical (unpaired) electrons. The SMILES string of the molecule is CC(C)CCSc1ncccc1-c1cc(F)c(OCCCC(=O)O)c(F)c1. The lowest BCUT2D eigenvalue weighted by atomic mass is 10.1. The Balaban J connectivity index is 2.16. The van der Waals surface area contributed by atoms with Crippen molar-refractivity contribution < 1.29 is 23.4 Å². The van der Waals surface area contributed by atoms with E-state index in [1.165, 1.54) is 12.1 Å². The fourth-order valence-electron chi connectivity index (χ4n) is 2.37. The van der Waals surface area contributed by atoms with Gasteiger partial charge >= 0.3 is 5.97 Å². The Bertz CT molecular complexity index is 761. The van der Waals surface area contributed by atoms with E-state index in [9.17, 15) is 13.6 Å². The maximum atomic E-state index is 14.4. The average molecular weight is 395 g/mol. The number of aliphatic carboxylic acids is 1. The molecule has 1 heterocycles. The van der Waals surface area contributed by atoms with E-state index in [2.05, 4.69) is 18.8 Å². The van der Waals surface area contributed by atoms with E-state index < -0.39 is 23.4 Å². The molecule has 0 saturated carbocycles. The van der Waals surface area contributed by atoms with Crippen molar-refractivity contribution in [2.45, 2.75) is 38.1 Å². The molecule has 0 aliphatic rings. The van der Waals surface area contributed by atoms with Crippen molar-refractivity contribution in [1.29, 1.82) is 0 Å². The standard InChI is InChI=1S/C20H23F2NO3S/c1-13(2)7-10-27-20-15(5-3-8-23-20)14-11-16(21)19(17(22)12-14)26-9-4-6-18(24)25/h3,5,8,11-13H,4,6-7,9-10H2,1-2H3,(H,24,25). The molecule has 0 spiro atoms. The number of ether oxygens (including phenoxy) is 1. The molecular formula is C20H23F2NO3S. The van der Waals surface area contributed by atoms with Crippen molar-refractivity contribution >= 4 is 17.7 Å². The van der Waals surface area contributed by atoms with E-state index in [1.54, 1.807) is 30.1 Å². The van der Waals surface area contributed by atoms with Gasteiger partial charge in [-0.1, -0.05) is 19.9 Å². The van der Waals surface area contributed by atoms with Crippen LogP contribution in [0, 0.1) is 17.6 Å². The lowest BCUT2D eigenvalue weighted by Gasteiger charge is -2.12. The van der Waals surface area contributed by atoms with Crippen molar-refractivity contribution in [2.75, 3.05) is 12.4 Å². The van der Waals surface area contributed by atoms with E-state index in [0.29, 0.717) is 17.0 Å². The molecule has 27 heavy (non-hydrogen) atoms. The Morgan fingerprint density at radius 1 is 1.30 bits per heavy atom. The maximum Gasteiger partial charge on any atom is 0.303 e. The normalized spacial score (nSPS) is 11.0. The fourth-order valence-corrected chi connectivity index (χ4v) is 3.63. The van der Waals surface area contributed by atoms with Gasteiger partial charge < -0.3 is 9.84 Å². The molecule has 2 rings (SSSR count). The monoisotopic (exact) mass is 395 g/mol. The van der Waals surface area contributed by atoms with Crippen LogP contribution in [0.4, 0.5) is 8.78 Å². The molecule has 0 fully saturated rings. The summed E-state index contributed by atoms with van der Waals surface area (Å²) in [4.78, 5) is 14.8. The lowest BCUT2D eigenvalue weighted by Crippen LogP contribution is -2.05. The first-order valence-electron chi connectivity index (χ1n) is 8.80. The van der Waals surface area contributed by atoms with E-state index in [1.807, 2.05) is 0 Å². The number of benzene rings is 1. The average Bonchev–Trinajstić information content (AvgIpc) is 2.60. The first-order chi connectivity index (χ1) is 12.9. The minimum Gasteiger partial charge on any atom is -0.488 e. The number of hydrogen-bond acceptors (Lipinski definition) is 4. The second-order valence-electron chi connectivity index (χ2n) is 6.50. The molecule has 7 heteroatoms. The van der Waals surface area contributed by atoms with Crippen molar-refractivity contribution in [3.05, 3.63) is 42.1 Å². The van der Waals surface area contributed by atoms with Crippen LogP contribution in [-0.4, -0.2) is 28.4 Å². The molecule has 146 valence electrons. The summed E-state index contributed by atoms with van der Waals surface area (Å²) in [6, 6.07) is 5.96. The fraction of sp³-hybridized carbons (Fsp3) is 0.400. The first kappa shape index (κ1) is 21.2. The molecule has 4 nitrogen and oxygen atoms in total. The van der Waals surface area contributed by atoms with Gasteiger partial charge in [0.15, 0.2) is 17.4 Å². The van der Waals surface area contributed by atoms with Crippen molar-refractivity contribution in [3.63, 3.8) is 0 Å². The van der Waals surface area contributed by atoms with Crippen LogP contribution in [0.2, 0.25) is 0 Å². The number of pyridine rings is 1. The predicted octanol–water partition coefficient (Wildman–Crippen LogP) is 5.41. The molecule has 0 amide bonds. The molecule has 0 aliphatic heterocycles. The Morgan fingerprint density at radius 3 is 2.63 bits per heavy atom. The Labute approximate surface area is 162 Å². The third-order valence-corrected chi connectivity index (χ3v) is 4.83. The van der Waals surface area contributed by atoms with Crippen LogP contribution in [0.5, 0.6) is 5.75 Å². The van der Waals surface area contributed by atoms with Crippen molar-refractivity contribution in [3.8, 4) is 16.9 Å². The van der Waals surface area contributed by atoms with Crippen molar-refractivity contribution in [1.82, 2.24) is 4.98 Å². The molecule has 0 bridgehead atoms. The van der Waals surface area contributed by atoms with Crippen molar-refractivity contribution in [2.24, 2.45) is 5.92 Å². The van der Waals surface area contributed by atoms with Gasteiger partial charge in [0.2, 0.25) is 0 Å². The maximum absolute atomic E-state index is 14.4. The summed E-state index contributed by atoms with van der Waals surface area (Å²) >= 11 is 1.56. The van der Waals surface area contributed by atoms with Gasteiger partial charge in [-0.05, 0) is 48.3 Å². The Kier molecular flexibility index (Phi) is 8.03. The molecule has 0 aliphatic carbocycles. The summed E-state index contributed by atoms with van der Waals surface area (Å²) in [5.41, 5.74) is 1.06. The third-order valence-electron chi connectivity index (χ3n) is 3.80. The highest BCUT2D eigenvalue weighted by atomic mass is 32.2. The van der Waals surface area contributed by atoms with E-state index in [0.717, 1.165) is 17.2 Å². The third kappa shape index (κ3) is 6.50. The largest absolute Gasteiger partial charge is 0.488 e. The molecule has 1 N–H and O–H groups in total. The Morgan fingerprint density at radius 2 is 2.00 bits per heavy atom. The highest BCUT2D eigenvalue weighted by Crippen LogP contribution is 2.34. The van der Waals surface area contributed by atoms with E-state index >= 15 is 0 Å². The number of halogens is 2. The van der Waals surface area contributed by atoms with Gasteiger partial charge in [0.1, 0.15) is 5.03 Å². The van der Waals surface area contributed by atoms with E-state index in [-0.39, 0.29) is 19.4 Å². The summed E-state index contributed by atoms with van der Waals surface area (Å²) in [7, 11) is 0. The van der Waals surface area contributed by atoms with Crippen LogP contribution >= 0.6 is 11.8 Å². The van der Waals surface area contributed by atoms with Gasteiger partial charge in [0.05, 0.1) is 6.61 Å². The van der Waals surface area contributed by atoms with Crippen LogP contribution in [0.1, 0.15) is 33.1 Å². The first-order valence-corrected chi connectivity index (χ1v) is 9.79. The zero-order valence-electron chi connectivity index (χ0n) is 15.4. The summed E-state index contributed by atoms with van der Waals surface area (Å²) in [5.74, 6) is -1.66. The number of aromatic nitrogens is 1. The number of thioether (sulfide) groups is 1. The molecule has 0 saturated heterocycles. The molecular weight excluding hydrogens is 372 g/mol. The van der Waals surface area contributed by atoms with Gasteiger partial charge in [-0.25, -0.2) is 13.8 Å². The number of hydrogen-bond donors (Lipinski definition) is 1. The van der Waals surface area contributed by atoms with Gasteiger partial charge in [0.25, 0.3) is 0 Å². The summed E-state index contributed by atoms with van der Waals surface area (Å²) in [5, 5.41) is 9.32. The highest BCUT2D eigenvalue weighted by molar-refractivity contribution is 7.99. The minimum absolute atomic E-state index is 0.0668. The Hall–Kier alpha value is -2.15. The smallest absolute Gasteiger partial charge is 0.303 e. The predicted molar refractivity (Wildman–Crippen MR) is 102 cm³/mol. The molecule has 1 aromatic heterocycles. The summed E-state index contributed by atoms with van der Waals surface area (Å²) in [6.07, 6.45) is 2.74. The number of nitrogens with zero attached hydrogens (tertiary/aromatic N) is 1. The minimum atomic E-state index is -0.978. The lowest BCUT2D eigenvalue weighted by molar-refractivity contribution is -0.137. The van der Waals surface area contributed by atoms with Gasteiger partial charge in [-0.3, -0.25) is 4.79 Å². The van der Waals surface area contributed by atoms with Crippen LogP contribution < -0.4 is 4.74 Å². The zero-order chi connectivity index (χ0) is 19.8. The molecule has 0 atom stereocenters. The number of carboxylic acids is 1. The topological polar surface area (TPSA) is 59.4 Å². The zero-order valence-corrected chi connectivity index (χ0v) is 16.2. The van der Waals surface area contributed by atoms with Gasteiger partial charge in [0, 0.05) is 18.2 Å². The number of rotatable bonds is 10. The van der Waals surface area contributed by atoms with Crippen LogP contribution in [0.15, 0.2) is 35.5 Å².